The monoisotopic (exact) mass is 431 g/mol. The number of esters is 1. The van der Waals surface area contributed by atoms with Gasteiger partial charge in [0.15, 0.2) is 11.5 Å². The molecule has 1 aromatic carbocycles. The third-order valence-electron chi connectivity index (χ3n) is 5.82. The third kappa shape index (κ3) is 4.79. The Balaban J connectivity index is 2.15. The summed E-state index contributed by atoms with van der Waals surface area (Å²) in [6.45, 7) is 6.82. The lowest BCUT2D eigenvalue weighted by Crippen LogP contribution is -2.51. The number of hydrogen-bond acceptors (Lipinski definition) is 6. The Hall–Kier alpha value is -2.74. The molecule has 1 atom stereocenters. The van der Waals surface area contributed by atoms with E-state index in [1.165, 1.54) is 6.42 Å². The van der Waals surface area contributed by atoms with Gasteiger partial charge in [-0.25, -0.2) is 9.59 Å². The van der Waals surface area contributed by atoms with E-state index in [-0.39, 0.29) is 12.6 Å². The van der Waals surface area contributed by atoms with E-state index in [4.69, 9.17) is 14.2 Å². The van der Waals surface area contributed by atoms with Gasteiger partial charge in [-0.2, -0.15) is 0 Å². The first-order chi connectivity index (χ1) is 15.0. The summed E-state index contributed by atoms with van der Waals surface area (Å²) in [6.07, 6.45) is 3.45. The van der Waals surface area contributed by atoms with Crippen LogP contribution in [0.15, 0.2) is 29.5 Å². The van der Waals surface area contributed by atoms with Crippen molar-refractivity contribution in [3.8, 4) is 11.5 Å². The van der Waals surface area contributed by atoms with Crippen LogP contribution < -0.4 is 14.8 Å². The normalized spacial score (nSPS) is 19.8. The summed E-state index contributed by atoms with van der Waals surface area (Å²) in [4.78, 5) is 30.2. The Morgan fingerprint density at radius 3 is 2.48 bits per heavy atom. The number of hydrogen-bond donors (Lipinski definition) is 1. The molecule has 1 saturated heterocycles. The van der Waals surface area contributed by atoms with Crippen molar-refractivity contribution >= 4 is 12.0 Å². The minimum atomic E-state index is -0.695. The number of ether oxygens (including phenoxy) is 3. The van der Waals surface area contributed by atoms with Crippen molar-refractivity contribution in [3.63, 3.8) is 0 Å². The molecule has 0 bridgehead atoms. The van der Waals surface area contributed by atoms with Crippen molar-refractivity contribution in [2.45, 2.75) is 39.2 Å². The first-order valence-corrected chi connectivity index (χ1v) is 11.0. The second-order valence-electron chi connectivity index (χ2n) is 7.63. The Bertz CT molecular complexity index is 833. The predicted molar refractivity (Wildman–Crippen MR) is 117 cm³/mol. The summed E-state index contributed by atoms with van der Waals surface area (Å²) in [5, 5.41) is 2.99. The van der Waals surface area contributed by atoms with Crippen LogP contribution in [0.4, 0.5) is 4.79 Å². The molecule has 0 aliphatic carbocycles. The van der Waals surface area contributed by atoms with Crippen LogP contribution in [0.5, 0.6) is 11.5 Å². The molecule has 1 N–H and O–H groups in total. The maximum absolute atomic E-state index is 13.2. The zero-order valence-corrected chi connectivity index (χ0v) is 18.9. The minimum absolute atomic E-state index is 0.238. The summed E-state index contributed by atoms with van der Waals surface area (Å²) in [7, 11) is 3.11. The molecule has 0 radical (unpaired) electrons. The number of benzene rings is 1. The number of amides is 2. The van der Waals surface area contributed by atoms with Gasteiger partial charge in [-0.15, -0.1) is 0 Å². The first-order valence-electron chi connectivity index (χ1n) is 11.0. The van der Waals surface area contributed by atoms with Crippen molar-refractivity contribution < 1.29 is 23.8 Å². The number of nitrogens with zero attached hydrogens (tertiary/aromatic N) is 2. The van der Waals surface area contributed by atoms with E-state index in [1.54, 1.807) is 32.1 Å². The highest BCUT2D eigenvalue weighted by Gasteiger charge is 2.39. The quantitative estimate of drug-likeness (QED) is 0.637. The number of carbonyl (C=O) groups excluding carboxylic acids is 2. The van der Waals surface area contributed by atoms with E-state index in [1.807, 2.05) is 19.1 Å². The Morgan fingerprint density at radius 2 is 1.87 bits per heavy atom. The van der Waals surface area contributed by atoms with Crippen LogP contribution in [0.25, 0.3) is 0 Å². The van der Waals surface area contributed by atoms with Gasteiger partial charge < -0.3 is 19.5 Å². The summed E-state index contributed by atoms with van der Waals surface area (Å²) in [5.74, 6) is 0.593. The lowest BCUT2D eigenvalue weighted by molar-refractivity contribution is -0.139. The second kappa shape index (κ2) is 10.5. The molecule has 1 fully saturated rings. The SMILES string of the molecule is CCOC(=O)C1=C(CN2CCCCC2)N(CC)C(=O)N[C@H]1c1cccc(OC)c1OC. The predicted octanol–water partition coefficient (Wildman–Crippen LogP) is 3.09. The molecule has 1 aromatic rings. The third-order valence-corrected chi connectivity index (χ3v) is 5.82. The van der Waals surface area contributed by atoms with Crippen LogP contribution in [0.2, 0.25) is 0 Å². The minimum Gasteiger partial charge on any atom is -0.493 e. The van der Waals surface area contributed by atoms with E-state index < -0.39 is 12.0 Å². The largest absolute Gasteiger partial charge is 0.493 e. The highest BCUT2D eigenvalue weighted by Crippen LogP contribution is 2.40. The van der Waals surface area contributed by atoms with Gasteiger partial charge in [0, 0.05) is 24.4 Å². The molecule has 2 heterocycles. The van der Waals surface area contributed by atoms with Gasteiger partial charge in [0.1, 0.15) is 0 Å². The molecule has 0 spiro atoms. The van der Waals surface area contributed by atoms with Crippen molar-refractivity contribution in [2.24, 2.45) is 0 Å². The topological polar surface area (TPSA) is 80.3 Å². The van der Waals surface area contributed by atoms with Gasteiger partial charge in [-0.3, -0.25) is 9.80 Å². The fraction of sp³-hybridized carbons (Fsp3) is 0.565. The number of carbonyl (C=O) groups is 2. The van der Waals surface area contributed by atoms with Crippen LogP contribution >= 0.6 is 0 Å². The summed E-state index contributed by atoms with van der Waals surface area (Å²) >= 11 is 0. The number of urea groups is 1. The molecular formula is C23H33N3O5. The van der Waals surface area contributed by atoms with Gasteiger partial charge in [-0.1, -0.05) is 18.6 Å². The van der Waals surface area contributed by atoms with Crippen molar-refractivity contribution in [3.05, 3.63) is 35.0 Å². The number of likely N-dealkylation sites (tertiary alicyclic amines) is 1. The molecule has 2 amide bonds. The highest BCUT2D eigenvalue weighted by molar-refractivity contribution is 5.95. The molecule has 170 valence electrons. The van der Waals surface area contributed by atoms with E-state index in [0.29, 0.717) is 41.4 Å². The van der Waals surface area contributed by atoms with Crippen LogP contribution in [-0.2, 0) is 9.53 Å². The summed E-state index contributed by atoms with van der Waals surface area (Å²) < 4.78 is 16.5. The van der Waals surface area contributed by atoms with Crippen LogP contribution in [0, 0.1) is 0 Å². The molecule has 31 heavy (non-hydrogen) atoms. The van der Waals surface area contributed by atoms with Crippen LogP contribution in [-0.4, -0.2) is 68.8 Å². The lowest BCUT2D eigenvalue weighted by atomic mass is 9.93. The molecule has 0 saturated carbocycles. The molecule has 8 nitrogen and oxygen atoms in total. The van der Waals surface area contributed by atoms with Crippen molar-refractivity contribution in [2.75, 3.05) is 47.0 Å². The molecule has 3 rings (SSSR count). The van der Waals surface area contributed by atoms with Crippen LogP contribution in [0.1, 0.15) is 44.7 Å². The average Bonchev–Trinajstić information content (AvgIpc) is 2.79. The Morgan fingerprint density at radius 1 is 1.13 bits per heavy atom. The van der Waals surface area contributed by atoms with E-state index in [2.05, 4.69) is 10.2 Å². The molecule has 2 aliphatic heterocycles. The molecule has 8 heteroatoms. The fourth-order valence-corrected chi connectivity index (χ4v) is 4.36. The molecule has 2 aliphatic rings. The molecule has 0 aromatic heterocycles. The number of likely N-dealkylation sites (N-methyl/N-ethyl adjacent to an activating group) is 1. The van der Waals surface area contributed by atoms with Crippen molar-refractivity contribution in [1.29, 1.82) is 0 Å². The maximum atomic E-state index is 13.2. The fourth-order valence-electron chi connectivity index (χ4n) is 4.36. The van der Waals surface area contributed by atoms with Gasteiger partial charge in [0.25, 0.3) is 0 Å². The smallest absolute Gasteiger partial charge is 0.338 e. The highest BCUT2D eigenvalue weighted by atomic mass is 16.5. The summed E-state index contributed by atoms with van der Waals surface area (Å²) in [6, 6.07) is 4.51. The molecule has 0 unspecified atom stereocenters. The molecular weight excluding hydrogens is 398 g/mol. The Labute approximate surface area is 184 Å². The zero-order valence-electron chi connectivity index (χ0n) is 18.9. The van der Waals surface area contributed by atoms with E-state index in [0.717, 1.165) is 25.9 Å². The number of para-hydroxylation sites is 1. The number of rotatable bonds is 8. The summed E-state index contributed by atoms with van der Waals surface area (Å²) in [5.41, 5.74) is 1.80. The maximum Gasteiger partial charge on any atom is 0.338 e. The lowest BCUT2D eigenvalue weighted by Gasteiger charge is -2.39. The van der Waals surface area contributed by atoms with Crippen LogP contribution in [0.3, 0.4) is 0 Å². The van der Waals surface area contributed by atoms with E-state index in [9.17, 15) is 9.59 Å². The van der Waals surface area contributed by atoms with Gasteiger partial charge in [-0.05, 0) is 45.8 Å². The van der Waals surface area contributed by atoms with E-state index >= 15 is 0 Å². The van der Waals surface area contributed by atoms with Gasteiger partial charge in [0.2, 0.25) is 0 Å². The second-order valence-corrected chi connectivity index (χ2v) is 7.63. The van der Waals surface area contributed by atoms with Gasteiger partial charge in [0.05, 0.1) is 32.4 Å². The average molecular weight is 432 g/mol. The standard InChI is InChI=1S/C23H33N3O5/c1-5-26-17(15-25-13-8-7-9-14-25)19(22(27)31-6-2)20(24-23(26)28)16-11-10-12-18(29-3)21(16)30-4/h10-12,20H,5-9,13-15H2,1-4H3,(H,24,28)/t20-/m0/s1. The zero-order chi connectivity index (χ0) is 22.4. The number of methoxy groups -OCH3 is 2. The number of nitrogens with one attached hydrogen (secondary N) is 1. The van der Waals surface area contributed by atoms with Crippen molar-refractivity contribution in [1.82, 2.24) is 15.1 Å². The Kier molecular flexibility index (Phi) is 7.79. The first kappa shape index (κ1) is 22.9. The van der Waals surface area contributed by atoms with Gasteiger partial charge >= 0.3 is 12.0 Å². The number of piperidine rings is 1.